The van der Waals surface area contributed by atoms with Crippen molar-refractivity contribution in [2.75, 3.05) is 13.1 Å². The van der Waals surface area contributed by atoms with Crippen LogP contribution >= 0.6 is 11.6 Å². The van der Waals surface area contributed by atoms with Crippen LogP contribution < -0.4 is 5.32 Å². The predicted octanol–water partition coefficient (Wildman–Crippen LogP) is 3.65. The van der Waals surface area contributed by atoms with Gasteiger partial charge in [-0.25, -0.2) is 4.39 Å². The molecule has 1 atom stereocenters. The molecule has 1 unspecified atom stereocenters. The number of benzene rings is 2. The normalized spacial score (nSPS) is 17.0. The SMILES string of the molecule is O=C(NCc1ccccc1F)C1CCCN(C(=O)c2ccc(Cl)cc2)C1. The van der Waals surface area contributed by atoms with Crippen LogP contribution in [0.4, 0.5) is 4.39 Å². The number of piperidine rings is 1. The van der Waals surface area contributed by atoms with Crippen LogP contribution in [0.1, 0.15) is 28.8 Å². The molecule has 136 valence electrons. The molecular formula is C20H20ClFN2O2. The first-order valence-electron chi connectivity index (χ1n) is 8.60. The minimum absolute atomic E-state index is 0.103. The molecule has 2 aromatic carbocycles. The molecule has 0 aliphatic carbocycles. The summed E-state index contributed by atoms with van der Waals surface area (Å²) in [6.07, 6.45) is 1.48. The van der Waals surface area contributed by atoms with Gasteiger partial charge in [-0.2, -0.15) is 0 Å². The number of carbonyl (C=O) groups is 2. The Labute approximate surface area is 157 Å². The van der Waals surface area contributed by atoms with Crippen LogP contribution in [-0.4, -0.2) is 29.8 Å². The lowest BCUT2D eigenvalue weighted by molar-refractivity contribution is -0.126. The minimum Gasteiger partial charge on any atom is -0.352 e. The highest BCUT2D eigenvalue weighted by molar-refractivity contribution is 6.30. The number of halogens is 2. The summed E-state index contributed by atoms with van der Waals surface area (Å²) < 4.78 is 13.7. The Balaban J connectivity index is 1.59. The number of carbonyl (C=O) groups excluding carboxylic acids is 2. The fourth-order valence-corrected chi connectivity index (χ4v) is 3.25. The molecule has 0 radical (unpaired) electrons. The van der Waals surface area contributed by atoms with E-state index in [9.17, 15) is 14.0 Å². The van der Waals surface area contributed by atoms with Gasteiger partial charge < -0.3 is 10.2 Å². The van der Waals surface area contributed by atoms with Gasteiger partial charge in [0.2, 0.25) is 5.91 Å². The topological polar surface area (TPSA) is 49.4 Å². The highest BCUT2D eigenvalue weighted by atomic mass is 35.5. The highest BCUT2D eigenvalue weighted by Gasteiger charge is 2.28. The van der Waals surface area contributed by atoms with Crippen LogP contribution in [0.2, 0.25) is 5.02 Å². The first kappa shape index (κ1) is 18.4. The first-order chi connectivity index (χ1) is 12.5. The van der Waals surface area contributed by atoms with E-state index in [1.165, 1.54) is 6.07 Å². The van der Waals surface area contributed by atoms with Crippen molar-refractivity contribution in [2.45, 2.75) is 19.4 Å². The van der Waals surface area contributed by atoms with E-state index >= 15 is 0 Å². The second kappa shape index (κ2) is 8.32. The second-order valence-electron chi connectivity index (χ2n) is 6.41. The van der Waals surface area contributed by atoms with Crippen LogP contribution in [0.5, 0.6) is 0 Å². The Morgan fingerprint density at radius 1 is 1.15 bits per heavy atom. The minimum atomic E-state index is -0.337. The van der Waals surface area contributed by atoms with Crippen LogP contribution in [0.25, 0.3) is 0 Å². The van der Waals surface area contributed by atoms with Crippen molar-refractivity contribution in [3.05, 3.63) is 70.5 Å². The quantitative estimate of drug-likeness (QED) is 0.888. The third-order valence-electron chi connectivity index (χ3n) is 4.58. The molecule has 6 heteroatoms. The third kappa shape index (κ3) is 4.41. The van der Waals surface area contributed by atoms with Gasteiger partial charge in [-0.1, -0.05) is 29.8 Å². The lowest BCUT2D eigenvalue weighted by Gasteiger charge is -2.32. The van der Waals surface area contributed by atoms with Crippen molar-refractivity contribution in [2.24, 2.45) is 5.92 Å². The van der Waals surface area contributed by atoms with E-state index < -0.39 is 0 Å². The largest absolute Gasteiger partial charge is 0.352 e. The molecule has 0 bridgehead atoms. The molecule has 1 heterocycles. The molecule has 1 aliphatic heterocycles. The zero-order valence-electron chi connectivity index (χ0n) is 14.3. The average Bonchev–Trinajstić information content (AvgIpc) is 2.67. The number of hydrogen-bond donors (Lipinski definition) is 1. The molecule has 0 saturated carbocycles. The molecule has 3 rings (SSSR count). The summed E-state index contributed by atoms with van der Waals surface area (Å²) in [7, 11) is 0. The van der Waals surface area contributed by atoms with Gasteiger partial charge in [0.05, 0.1) is 5.92 Å². The fourth-order valence-electron chi connectivity index (χ4n) is 3.12. The molecule has 1 aliphatic rings. The number of amides is 2. The zero-order chi connectivity index (χ0) is 18.5. The Bertz CT molecular complexity index is 795. The number of hydrogen-bond acceptors (Lipinski definition) is 2. The van der Waals surface area contributed by atoms with Crippen molar-refractivity contribution in [1.82, 2.24) is 10.2 Å². The molecule has 1 N–H and O–H groups in total. The van der Waals surface area contributed by atoms with Gasteiger partial charge in [-0.15, -0.1) is 0 Å². The maximum atomic E-state index is 13.7. The summed E-state index contributed by atoms with van der Waals surface area (Å²) in [5.74, 6) is -0.877. The molecule has 2 amide bonds. The predicted molar refractivity (Wildman–Crippen MR) is 98.3 cm³/mol. The van der Waals surface area contributed by atoms with Gasteiger partial charge in [0.25, 0.3) is 5.91 Å². The van der Waals surface area contributed by atoms with Crippen LogP contribution in [-0.2, 0) is 11.3 Å². The van der Waals surface area contributed by atoms with E-state index in [1.54, 1.807) is 47.4 Å². The molecule has 1 saturated heterocycles. The van der Waals surface area contributed by atoms with Gasteiger partial charge in [0.15, 0.2) is 0 Å². The third-order valence-corrected chi connectivity index (χ3v) is 4.83. The number of nitrogens with one attached hydrogen (secondary N) is 1. The highest BCUT2D eigenvalue weighted by Crippen LogP contribution is 2.20. The van der Waals surface area contributed by atoms with Crippen LogP contribution in [0.15, 0.2) is 48.5 Å². The van der Waals surface area contributed by atoms with E-state index in [-0.39, 0.29) is 30.1 Å². The van der Waals surface area contributed by atoms with E-state index in [4.69, 9.17) is 11.6 Å². The Morgan fingerprint density at radius 3 is 2.62 bits per heavy atom. The van der Waals surface area contributed by atoms with Crippen molar-refractivity contribution in [1.29, 1.82) is 0 Å². The van der Waals surface area contributed by atoms with E-state index in [0.717, 1.165) is 6.42 Å². The van der Waals surface area contributed by atoms with E-state index in [2.05, 4.69) is 5.32 Å². The zero-order valence-corrected chi connectivity index (χ0v) is 15.0. The van der Waals surface area contributed by atoms with Crippen molar-refractivity contribution in [3.63, 3.8) is 0 Å². The van der Waals surface area contributed by atoms with Crippen LogP contribution in [0.3, 0.4) is 0 Å². The molecule has 0 aromatic heterocycles. The summed E-state index contributed by atoms with van der Waals surface area (Å²) in [6, 6.07) is 13.1. The first-order valence-corrected chi connectivity index (χ1v) is 8.98. The smallest absolute Gasteiger partial charge is 0.253 e. The average molecular weight is 375 g/mol. The second-order valence-corrected chi connectivity index (χ2v) is 6.84. The summed E-state index contributed by atoms with van der Waals surface area (Å²) in [5, 5.41) is 3.36. The van der Waals surface area contributed by atoms with Crippen molar-refractivity contribution in [3.8, 4) is 0 Å². The molecule has 26 heavy (non-hydrogen) atoms. The molecule has 2 aromatic rings. The van der Waals surface area contributed by atoms with E-state index in [0.29, 0.717) is 35.7 Å². The van der Waals surface area contributed by atoms with Crippen molar-refractivity contribution >= 4 is 23.4 Å². The molecular weight excluding hydrogens is 355 g/mol. The summed E-state index contributed by atoms with van der Waals surface area (Å²) >= 11 is 5.86. The summed E-state index contributed by atoms with van der Waals surface area (Å²) in [6.45, 7) is 1.14. The fraction of sp³-hybridized carbons (Fsp3) is 0.300. The monoisotopic (exact) mass is 374 g/mol. The van der Waals surface area contributed by atoms with Crippen molar-refractivity contribution < 1.29 is 14.0 Å². The summed E-state index contributed by atoms with van der Waals surface area (Å²) in [4.78, 5) is 26.7. The van der Waals surface area contributed by atoms with E-state index in [1.807, 2.05) is 0 Å². The van der Waals surface area contributed by atoms with Gasteiger partial charge in [-0.05, 0) is 43.2 Å². The van der Waals surface area contributed by atoms with Gasteiger partial charge in [0.1, 0.15) is 5.82 Å². The molecule has 0 spiro atoms. The molecule has 1 fully saturated rings. The van der Waals surface area contributed by atoms with Gasteiger partial charge in [-0.3, -0.25) is 9.59 Å². The molecule has 4 nitrogen and oxygen atoms in total. The maximum Gasteiger partial charge on any atom is 0.253 e. The lowest BCUT2D eigenvalue weighted by Crippen LogP contribution is -2.45. The van der Waals surface area contributed by atoms with Crippen LogP contribution in [0, 0.1) is 11.7 Å². The Hall–Kier alpha value is -2.40. The Kier molecular flexibility index (Phi) is 5.89. The Morgan fingerprint density at radius 2 is 1.88 bits per heavy atom. The maximum absolute atomic E-state index is 13.7. The van der Waals surface area contributed by atoms with Gasteiger partial charge in [0, 0.05) is 35.8 Å². The summed E-state index contributed by atoms with van der Waals surface area (Å²) in [5.41, 5.74) is 1.01. The standard InChI is InChI=1S/C20H20ClFN2O2/c21-17-9-7-14(8-10-17)20(26)24-11-3-5-16(13-24)19(25)23-12-15-4-1-2-6-18(15)22/h1-2,4,6-10,16H,3,5,11-13H2,(H,23,25). The lowest BCUT2D eigenvalue weighted by atomic mass is 9.96. The number of likely N-dealkylation sites (tertiary alicyclic amines) is 1. The number of nitrogens with zero attached hydrogens (tertiary/aromatic N) is 1. The number of rotatable bonds is 4. The van der Waals surface area contributed by atoms with Gasteiger partial charge >= 0.3 is 0 Å².